The minimum atomic E-state index is -0.637. The molecule has 114 valence electrons. The average molecular weight is 300 g/mol. The highest BCUT2D eigenvalue weighted by Gasteiger charge is 2.23. The molecule has 1 aromatic heterocycles. The summed E-state index contributed by atoms with van der Waals surface area (Å²) in [6.07, 6.45) is 2.82. The zero-order valence-corrected chi connectivity index (χ0v) is 12.5. The number of ether oxygens (including phenoxy) is 2. The van der Waals surface area contributed by atoms with E-state index in [0.717, 1.165) is 11.3 Å². The smallest absolute Gasteiger partial charge is 0.340 e. The van der Waals surface area contributed by atoms with Crippen molar-refractivity contribution in [3.05, 3.63) is 47.8 Å². The van der Waals surface area contributed by atoms with Crippen LogP contribution in [-0.2, 0) is 9.47 Å². The van der Waals surface area contributed by atoms with E-state index in [1.165, 1.54) is 26.6 Å². The standard InChI is InChI=1S/C16H16N2O4/c1-17-11-6-4-10(5-7-11)12-8-18-9-13(15(19)21-2)14(12)16(20)22-3/h4-9,17H,1-3H3. The summed E-state index contributed by atoms with van der Waals surface area (Å²) in [6, 6.07) is 7.38. The molecule has 0 saturated heterocycles. The van der Waals surface area contributed by atoms with Crippen LogP contribution >= 0.6 is 0 Å². The molecule has 2 aromatic rings. The number of esters is 2. The van der Waals surface area contributed by atoms with E-state index in [-0.39, 0.29) is 11.1 Å². The molecule has 0 fully saturated rings. The molecule has 1 N–H and O–H groups in total. The molecule has 0 unspecified atom stereocenters. The Bertz CT molecular complexity index is 696. The second kappa shape index (κ2) is 6.71. The van der Waals surface area contributed by atoms with Gasteiger partial charge in [0.25, 0.3) is 0 Å². The molecular weight excluding hydrogens is 284 g/mol. The summed E-state index contributed by atoms with van der Waals surface area (Å²) in [4.78, 5) is 28.0. The summed E-state index contributed by atoms with van der Waals surface area (Å²) in [6.45, 7) is 0. The molecule has 0 aliphatic carbocycles. The molecule has 2 rings (SSSR count). The van der Waals surface area contributed by atoms with Gasteiger partial charge in [0.1, 0.15) is 0 Å². The maximum absolute atomic E-state index is 12.1. The molecule has 6 nitrogen and oxygen atoms in total. The normalized spacial score (nSPS) is 9.95. The van der Waals surface area contributed by atoms with Gasteiger partial charge in [-0.25, -0.2) is 9.59 Å². The van der Waals surface area contributed by atoms with Crippen LogP contribution in [0.4, 0.5) is 5.69 Å². The number of rotatable bonds is 4. The maximum Gasteiger partial charge on any atom is 0.340 e. The third-order valence-corrected chi connectivity index (χ3v) is 3.23. The molecule has 0 amide bonds. The van der Waals surface area contributed by atoms with E-state index < -0.39 is 11.9 Å². The SMILES string of the molecule is CNc1ccc(-c2cncc(C(=O)OC)c2C(=O)OC)cc1. The number of pyridine rings is 1. The van der Waals surface area contributed by atoms with Gasteiger partial charge >= 0.3 is 11.9 Å². The third kappa shape index (κ3) is 2.90. The Kier molecular flexibility index (Phi) is 4.73. The first kappa shape index (κ1) is 15.5. The lowest BCUT2D eigenvalue weighted by atomic mass is 9.98. The van der Waals surface area contributed by atoms with E-state index in [1.807, 2.05) is 31.3 Å². The van der Waals surface area contributed by atoms with Crippen molar-refractivity contribution < 1.29 is 19.1 Å². The summed E-state index contributed by atoms with van der Waals surface area (Å²) in [5.74, 6) is -1.25. The molecule has 0 atom stereocenters. The number of nitrogens with one attached hydrogen (secondary N) is 1. The van der Waals surface area contributed by atoms with Gasteiger partial charge in [-0.05, 0) is 17.7 Å². The van der Waals surface area contributed by atoms with Crippen LogP contribution in [0.3, 0.4) is 0 Å². The first-order valence-corrected chi connectivity index (χ1v) is 6.55. The molecule has 0 aliphatic heterocycles. The van der Waals surface area contributed by atoms with Crippen molar-refractivity contribution in [1.82, 2.24) is 4.98 Å². The topological polar surface area (TPSA) is 77.5 Å². The van der Waals surface area contributed by atoms with Crippen LogP contribution in [0.2, 0.25) is 0 Å². The maximum atomic E-state index is 12.1. The number of nitrogens with zero attached hydrogens (tertiary/aromatic N) is 1. The van der Waals surface area contributed by atoms with E-state index in [0.29, 0.717) is 5.56 Å². The Balaban J connectivity index is 2.63. The summed E-state index contributed by atoms with van der Waals surface area (Å²) < 4.78 is 9.49. The quantitative estimate of drug-likeness (QED) is 0.873. The van der Waals surface area contributed by atoms with Gasteiger partial charge in [0, 0.05) is 30.7 Å². The van der Waals surface area contributed by atoms with Crippen molar-refractivity contribution in [1.29, 1.82) is 0 Å². The first-order valence-electron chi connectivity index (χ1n) is 6.55. The number of hydrogen-bond donors (Lipinski definition) is 1. The second-order valence-electron chi connectivity index (χ2n) is 4.42. The molecule has 22 heavy (non-hydrogen) atoms. The second-order valence-corrected chi connectivity index (χ2v) is 4.42. The van der Waals surface area contributed by atoms with Crippen molar-refractivity contribution in [2.75, 3.05) is 26.6 Å². The van der Waals surface area contributed by atoms with Crippen LogP contribution < -0.4 is 5.32 Å². The zero-order valence-electron chi connectivity index (χ0n) is 12.5. The minimum absolute atomic E-state index is 0.0737. The fraction of sp³-hybridized carbons (Fsp3) is 0.188. The average Bonchev–Trinajstić information content (AvgIpc) is 2.59. The van der Waals surface area contributed by atoms with E-state index in [1.54, 1.807) is 0 Å². The van der Waals surface area contributed by atoms with E-state index >= 15 is 0 Å². The predicted octanol–water partition coefficient (Wildman–Crippen LogP) is 2.36. The molecular formula is C16H16N2O4. The van der Waals surface area contributed by atoms with Crippen LogP contribution in [0.25, 0.3) is 11.1 Å². The molecule has 1 heterocycles. The summed E-state index contributed by atoms with van der Waals surface area (Å²) in [5, 5.41) is 3.01. The third-order valence-electron chi connectivity index (χ3n) is 3.23. The molecule has 0 aliphatic rings. The lowest BCUT2D eigenvalue weighted by molar-refractivity contribution is 0.0555. The number of carbonyl (C=O) groups is 2. The van der Waals surface area contributed by atoms with E-state index in [4.69, 9.17) is 9.47 Å². The Hall–Kier alpha value is -2.89. The number of hydrogen-bond acceptors (Lipinski definition) is 6. The summed E-state index contributed by atoms with van der Waals surface area (Å²) in [7, 11) is 4.32. The molecule has 1 aromatic carbocycles. The van der Waals surface area contributed by atoms with Crippen LogP contribution in [0.1, 0.15) is 20.7 Å². The predicted molar refractivity (Wildman–Crippen MR) is 81.9 cm³/mol. The summed E-state index contributed by atoms with van der Waals surface area (Å²) in [5.41, 5.74) is 2.40. The van der Waals surface area contributed by atoms with Crippen molar-refractivity contribution in [2.24, 2.45) is 0 Å². The van der Waals surface area contributed by atoms with Gasteiger partial charge in [-0.1, -0.05) is 12.1 Å². The Labute approximate surface area is 128 Å². The van der Waals surface area contributed by atoms with Crippen molar-refractivity contribution in [3.63, 3.8) is 0 Å². The van der Waals surface area contributed by atoms with E-state index in [9.17, 15) is 9.59 Å². The fourth-order valence-corrected chi connectivity index (χ4v) is 2.08. The van der Waals surface area contributed by atoms with Crippen molar-refractivity contribution in [2.45, 2.75) is 0 Å². The number of carbonyl (C=O) groups excluding carboxylic acids is 2. The van der Waals surface area contributed by atoms with Crippen molar-refractivity contribution in [3.8, 4) is 11.1 Å². The van der Waals surface area contributed by atoms with Gasteiger partial charge in [-0.15, -0.1) is 0 Å². The Morgan fingerprint density at radius 2 is 1.64 bits per heavy atom. The van der Waals surface area contributed by atoms with E-state index in [2.05, 4.69) is 10.3 Å². The fourth-order valence-electron chi connectivity index (χ4n) is 2.08. The van der Waals surface area contributed by atoms with Crippen LogP contribution in [0.5, 0.6) is 0 Å². The highest BCUT2D eigenvalue weighted by atomic mass is 16.5. The van der Waals surface area contributed by atoms with Gasteiger partial charge in [-0.3, -0.25) is 4.98 Å². The lowest BCUT2D eigenvalue weighted by Crippen LogP contribution is -2.14. The Morgan fingerprint density at radius 3 is 2.18 bits per heavy atom. The molecule has 6 heteroatoms. The zero-order chi connectivity index (χ0) is 16.1. The van der Waals surface area contributed by atoms with Gasteiger partial charge in [0.15, 0.2) is 0 Å². The molecule has 0 radical (unpaired) electrons. The van der Waals surface area contributed by atoms with Gasteiger partial charge in [0.05, 0.1) is 25.3 Å². The van der Waals surface area contributed by atoms with Crippen molar-refractivity contribution >= 4 is 17.6 Å². The number of benzene rings is 1. The minimum Gasteiger partial charge on any atom is -0.465 e. The van der Waals surface area contributed by atoms with Gasteiger partial charge in [0.2, 0.25) is 0 Å². The lowest BCUT2D eigenvalue weighted by Gasteiger charge is -2.12. The van der Waals surface area contributed by atoms with Gasteiger partial charge < -0.3 is 14.8 Å². The Morgan fingerprint density at radius 1 is 1.00 bits per heavy atom. The molecule has 0 saturated carbocycles. The van der Waals surface area contributed by atoms with Crippen LogP contribution in [0.15, 0.2) is 36.7 Å². The van der Waals surface area contributed by atoms with Gasteiger partial charge in [-0.2, -0.15) is 0 Å². The number of methoxy groups -OCH3 is 2. The monoisotopic (exact) mass is 300 g/mol. The molecule has 0 spiro atoms. The molecule has 0 bridgehead atoms. The highest BCUT2D eigenvalue weighted by Crippen LogP contribution is 2.27. The summed E-state index contributed by atoms with van der Waals surface area (Å²) >= 11 is 0. The van der Waals surface area contributed by atoms with Crippen LogP contribution in [-0.4, -0.2) is 38.2 Å². The first-order chi connectivity index (χ1) is 10.6. The van der Waals surface area contributed by atoms with Crippen LogP contribution in [0, 0.1) is 0 Å². The highest BCUT2D eigenvalue weighted by molar-refractivity contribution is 6.07. The number of aromatic nitrogens is 1. The largest absolute Gasteiger partial charge is 0.465 e. The number of anilines is 1.